The summed E-state index contributed by atoms with van der Waals surface area (Å²) in [6, 6.07) is 6.75. The first-order chi connectivity index (χ1) is 9.67. The summed E-state index contributed by atoms with van der Waals surface area (Å²) in [5.41, 5.74) is 4.35. The number of methoxy groups -OCH3 is 1. The molecule has 1 saturated carbocycles. The Morgan fingerprint density at radius 3 is 2.55 bits per heavy atom. The summed E-state index contributed by atoms with van der Waals surface area (Å²) in [5, 5.41) is 3.40. The second-order valence-corrected chi connectivity index (χ2v) is 5.34. The third-order valence-corrected chi connectivity index (χ3v) is 3.69. The van der Waals surface area contributed by atoms with E-state index < -0.39 is 0 Å². The first kappa shape index (κ1) is 12.9. The van der Waals surface area contributed by atoms with E-state index in [9.17, 15) is 0 Å². The van der Waals surface area contributed by atoms with E-state index in [1.807, 2.05) is 6.07 Å². The van der Waals surface area contributed by atoms with E-state index in [0.29, 0.717) is 6.04 Å². The molecular weight excluding hydrogens is 250 g/mol. The van der Waals surface area contributed by atoms with Crippen LogP contribution < -0.4 is 10.1 Å². The Kier molecular flexibility index (Phi) is 3.30. The fraction of sp³-hybridized carbons (Fsp3) is 0.375. The summed E-state index contributed by atoms with van der Waals surface area (Å²) in [5.74, 6) is 1.74. The largest absolute Gasteiger partial charge is 0.496 e. The van der Waals surface area contributed by atoms with Crippen LogP contribution in [0.3, 0.4) is 0 Å². The Labute approximate surface area is 119 Å². The average molecular weight is 269 g/mol. The predicted molar refractivity (Wildman–Crippen MR) is 80.1 cm³/mol. The van der Waals surface area contributed by atoms with Crippen LogP contribution in [-0.2, 0) is 0 Å². The first-order valence-electron chi connectivity index (χ1n) is 6.91. The Morgan fingerprint density at radius 1 is 1.10 bits per heavy atom. The van der Waals surface area contributed by atoms with Crippen molar-refractivity contribution >= 4 is 5.82 Å². The number of nitrogens with zero attached hydrogens (tertiary/aromatic N) is 2. The maximum absolute atomic E-state index is 5.49. The molecule has 3 rings (SSSR count). The molecule has 0 aliphatic heterocycles. The van der Waals surface area contributed by atoms with Crippen LogP contribution in [-0.4, -0.2) is 23.1 Å². The summed E-state index contributed by atoms with van der Waals surface area (Å²) in [7, 11) is 1.69. The second-order valence-electron chi connectivity index (χ2n) is 5.34. The number of hydrogen-bond acceptors (Lipinski definition) is 4. The molecule has 0 amide bonds. The van der Waals surface area contributed by atoms with Crippen molar-refractivity contribution in [2.24, 2.45) is 0 Å². The molecule has 0 spiro atoms. The molecule has 2 aromatic rings. The Hall–Kier alpha value is -2.10. The zero-order valence-electron chi connectivity index (χ0n) is 12.1. The molecule has 0 saturated heterocycles. The van der Waals surface area contributed by atoms with Crippen molar-refractivity contribution < 1.29 is 4.74 Å². The van der Waals surface area contributed by atoms with Gasteiger partial charge in [0.1, 0.15) is 17.9 Å². The van der Waals surface area contributed by atoms with Crippen LogP contribution in [0.25, 0.3) is 11.3 Å². The molecule has 4 heteroatoms. The molecular formula is C16H19N3O. The number of aryl methyl sites for hydroxylation is 2. The van der Waals surface area contributed by atoms with Crippen LogP contribution >= 0.6 is 0 Å². The highest BCUT2D eigenvalue weighted by atomic mass is 16.5. The molecule has 20 heavy (non-hydrogen) atoms. The summed E-state index contributed by atoms with van der Waals surface area (Å²) in [6.07, 6.45) is 4.06. The SMILES string of the molecule is COc1cc(C)c(C)cc1-c1cc(NC2CC2)ncn1. The maximum Gasteiger partial charge on any atom is 0.130 e. The van der Waals surface area contributed by atoms with Gasteiger partial charge < -0.3 is 10.1 Å². The number of aromatic nitrogens is 2. The molecule has 0 unspecified atom stereocenters. The second kappa shape index (κ2) is 5.12. The molecule has 1 aromatic carbocycles. The van der Waals surface area contributed by atoms with Crippen LogP contribution in [0.2, 0.25) is 0 Å². The summed E-state index contributed by atoms with van der Waals surface area (Å²) in [6.45, 7) is 4.19. The van der Waals surface area contributed by atoms with E-state index in [4.69, 9.17) is 4.74 Å². The van der Waals surface area contributed by atoms with Crippen LogP contribution in [0.5, 0.6) is 5.75 Å². The lowest BCUT2D eigenvalue weighted by atomic mass is 10.0. The van der Waals surface area contributed by atoms with Gasteiger partial charge >= 0.3 is 0 Å². The number of rotatable bonds is 4. The summed E-state index contributed by atoms with van der Waals surface area (Å²) < 4.78 is 5.49. The van der Waals surface area contributed by atoms with E-state index >= 15 is 0 Å². The number of nitrogens with one attached hydrogen (secondary N) is 1. The van der Waals surface area contributed by atoms with Crippen molar-refractivity contribution in [2.45, 2.75) is 32.7 Å². The van der Waals surface area contributed by atoms with Gasteiger partial charge in [-0.25, -0.2) is 9.97 Å². The maximum atomic E-state index is 5.49. The van der Waals surface area contributed by atoms with Crippen LogP contribution in [0.1, 0.15) is 24.0 Å². The number of hydrogen-bond donors (Lipinski definition) is 1. The highest BCUT2D eigenvalue weighted by molar-refractivity contribution is 5.70. The van der Waals surface area contributed by atoms with E-state index in [0.717, 1.165) is 22.8 Å². The van der Waals surface area contributed by atoms with Gasteiger partial charge in [-0.2, -0.15) is 0 Å². The standard InChI is InChI=1S/C16H19N3O/c1-10-6-13(15(20-3)7-11(10)2)14-8-16(18-9-17-14)19-12-4-5-12/h6-9,12H,4-5H2,1-3H3,(H,17,18,19). The third kappa shape index (κ3) is 2.59. The minimum absolute atomic E-state index is 0.583. The molecule has 4 nitrogen and oxygen atoms in total. The van der Waals surface area contributed by atoms with Gasteiger partial charge in [-0.05, 0) is 49.9 Å². The normalized spacial score (nSPS) is 14.2. The Balaban J connectivity index is 2.00. The number of benzene rings is 1. The van der Waals surface area contributed by atoms with Crippen molar-refractivity contribution in [1.82, 2.24) is 9.97 Å². The zero-order valence-corrected chi connectivity index (χ0v) is 12.1. The lowest BCUT2D eigenvalue weighted by Gasteiger charge is -2.12. The quantitative estimate of drug-likeness (QED) is 0.924. The molecule has 0 atom stereocenters. The van der Waals surface area contributed by atoms with Gasteiger partial charge in [0, 0.05) is 17.7 Å². The fourth-order valence-electron chi connectivity index (χ4n) is 2.18. The Bertz CT molecular complexity index is 636. The lowest BCUT2D eigenvalue weighted by Crippen LogP contribution is -2.03. The molecule has 1 aromatic heterocycles. The van der Waals surface area contributed by atoms with Crippen LogP contribution in [0, 0.1) is 13.8 Å². The van der Waals surface area contributed by atoms with Gasteiger partial charge in [-0.1, -0.05) is 0 Å². The highest BCUT2D eigenvalue weighted by Crippen LogP contribution is 2.32. The average Bonchev–Trinajstić information content (AvgIpc) is 3.25. The van der Waals surface area contributed by atoms with Crippen molar-refractivity contribution in [2.75, 3.05) is 12.4 Å². The predicted octanol–water partition coefficient (Wildman–Crippen LogP) is 3.34. The monoisotopic (exact) mass is 269 g/mol. The van der Waals surface area contributed by atoms with Gasteiger partial charge in [-0.3, -0.25) is 0 Å². The van der Waals surface area contributed by atoms with Crippen molar-refractivity contribution in [3.8, 4) is 17.0 Å². The molecule has 1 aliphatic rings. The summed E-state index contributed by atoms with van der Waals surface area (Å²) in [4.78, 5) is 8.66. The first-order valence-corrected chi connectivity index (χ1v) is 6.91. The molecule has 1 heterocycles. The zero-order chi connectivity index (χ0) is 14.1. The number of ether oxygens (including phenoxy) is 1. The minimum atomic E-state index is 0.583. The smallest absolute Gasteiger partial charge is 0.130 e. The highest BCUT2D eigenvalue weighted by Gasteiger charge is 2.21. The molecule has 1 N–H and O–H groups in total. The topological polar surface area (TPSA) is 47.0 Å². The van der Waals surface area contributed by atoms with Gasteiger partial charge in [0.25, 0.3) is 0 Å². The van der Waals surface area contributed by atoms with Crippen molar-refractivity contribution in [1.29, 1.82) is 0 Å². The van der Waals surface area contributed by atoms with E-state index in [2.05, 4.69) is 41.3 Å². The van der Waals surface area contributed by atoms with E-state index in [1.165, 1.54) is 24.0 Å². The summed E-state index contributed by atoms with van der Waals surface area (Å²) >= 11 is 0. The molecule has 1 aliphatic carbocycles. The molecule has 0 radical (unpaired) electrons. The Morgan fingerprint density at radius 2 is 1.85 bits per heavy atom. The van der Waals surface area contributed by atoms with Gasteiger partial charge in [0.05, 0.1) is 12.8 Å². The number of anilines is 1. The minimum Gasteiger partial charge on any atom is -0.496 e. The fourth-order valence-corrected chi connectivity index (χ4v) is 2.18. The van der Waals surface area contributed by atoms with Gasteiger partial charge in [0.2, 0.25) is 0 Å². The van der Waals surface area contributed by atoms with E-state index in [1.54, 1.807) is 13.4 Å². The molecule has 0 bridgehead atoms. The molecule has 104 valence electrons. The van der Waals surface area contributed by atoms with Crippen molar-refractivity contribution in [3.05, 3.63) is 35.7 Å². The van der Waals surface area contributed by atoms with Crippen LogP contribution in [0.4, 0.5) is 5.82 Å². The van der Waals surface area contributed by atoms with E-state index in [-0.39, 0.29) is 0 Å². The van der Waals surface area contributed by atoms with Gasteiger partial charge in [0.15, 0.2) is 0 Å². The van der Waals surface area contributed by atoms with Crippen LogP contribution in [0.15, 0.2) is 24.5 Å². The van der Waals surface area contributed by atoms with Crippen molar-refractivity contribution in [3.63, 3.8) is 0 Å². The molecule has 1 fully saturated rings. The third-order valence-electron chi connectivity index (χ3n) is 3.69. The van der Waals surface area contributed by atoms with Gasteiger partial charge in [-0.15, -0.1) is 0 Å². The lowest BCUT2D eigenvalue weighted by molar-refractivity contribution is 0.416.